The van der Waals surface area contributed by atoms with Crippen LogP contribution in [0.3, 0.4) is 0 Å². The zero-order valence-electron chi connectivity index (χ0n) is 15.2. The number of aromatic amines is 1. The van der Waals surface area contributed by atoms with E-state index in [4.69, 9.17) is 0 Å². The molecule has 26 heavy (non-hydrogen) atoms. The molecule has 3 rings (SSSR count). The average Bonchev–Trinajstić information content (AvgIpc) is 2.69. The number of amides is 1. The summed E-state index contributed by atoms with van der Waals surface area (Å²) in [5.74, 6) is -0.103. The molecule has 1 aliphatic heterocycles. The average molecular weight is 354 g/mol. The fraction of sp³-hybridized carbons (Fsp3) is 0.450. The lowest BCUT2D eigenvalue weighted by molar-refractivity contribution is 0.0573. The van der Waals surface area contributed by atoms with E-state index in [0.29, 0.717) is 18.7 Å². The number of hydrogen-bond donors (Lipinski definition) is 1. The predicted molar refractivity (Wildman–Crippen MR) is 101 cm³/mol. The van der Waals surface area contributed by atoms with Gasteiger partial charge in [0, 0.05) is 50.1 Å². The smallest absolute Gasteiger partial charge is 0.270 e. The standard InChI is InChI=1S/C20H26N4O2/c1-2-23-13-10-17(11-14-23)24(15-9-16-6-3-4-12-21-16)20(26)18-7-5-8-19(25)22-18/h3-8,12,17H,2,9-11,13-15H2,1H3,(H,22,25). The van der Waals surface area contributed by atoms with Gasteiger partial charge < -0.3 is 14.8 Å². The van der Waals surface area contributed by atoms with E-state index in [2.05, 4.69) is 21.8 Å². The lowest BCUT2D eigenvalue weighted by Gasteiger charge is -2.38. The molecule has 6 heteroatoms. The van der Waals surface area contributed by atoms with Crippen molar-refractivity contribution < 1.29 is 4.79 Å². The molecule has 0 saturated carbocycles. The maximum Gasteiger partial charge on any atom is 0.270 e. The monoisotopic (exact) mass is 354 g/mol. The number of H-pyrrole nitrogens is 1. The predicted octanol–water partition coefficient (Wildman–Crippen LogP) is 1.94. The van der Waals surface area contributed by atoms with Crippen molar-refractivity contribution in [2.75, 3.05) is 26.2 Å². The fourth-order valence-electron chi connectivity index (χ4n) is 3.51. The molecule has 1 N–H and O–H groups in total. The Morgan fingerprint density at radius 1 is 1.23 bits per heavy atom. The second-order valence-electron chi connectivity index (χ2n) is 6.66. The summed E-state index contributed by atoms with van der Waals surface area (Å²) in [5.41, 5.74) is 1.08. The number of nitrogens with zero attached hydrogens (tertiary/aromatic N) is 3. The number of piperidine rings is 1. The minimum Gasteiger partial charge on any atom is -0.334 e. The molecule has 6 nitrogen and oxygen atoms in total. The van der Waals surface area contributed by atoms with Gasteiger partial charge in [0.1, 0.15) is 5.69 Å². The number of aromatic nitrogens is 2. The normalized spacial score (nSPS) is 15.7. The maximum atomic E-state index is 13.1. The largest absolute Gasteiger partial charge is 0.334 e. The Morgan fingerprint density at radius 3 is 2.69 bits per heavy atom. The summed E-state index contributed by atoms with van der Waals surface area (Å²) >= 11 is 0. The highest BCUT2D eigenvalue weighted by atomic mass is 16.2. The molecule has 0 aromatic carbocycles. The van der Waals surface area contributed by atoms with Gasteiger partial charge in [0.2, 0.25) is 5.56 Å². The lowest BCUT2D eigenvalue weighted by atomic mass is 10.0. The zero-order chi connectivity index (χ0) is 18.4. The van der Waals surface area contributed by atoms with E-state index < -0.39 is 0 Å². The van der Waals surface area contributed by atoms with Crippen molar-refractivity contribution >= 4 is 5.91 Å². The van der Waals surface area contributed by atoms with Crippen molar-refractivity contribution in [2.45, 2.75) is 32.2 Å². The van der Waals surface area contributed by atoms with E-state index >= 15 is 0 Å². The van der Waals surface area contributed by atoms with Gasteiger partial charge in [0.05, 0.1) is 0 Å². The summed E-state index contributed by atoms with van der Waals surface area (Å²) in [5, 5.41) is 0. The summed E-state index contributed by atoms with van der Waals surface area (Å²) in [6.45, 7) is 5.81. The first kappa shape index (κ1) is 18.3. The van der Waals surface area contributed by atoms with E-state index in [1.807, 2.05) is 23.1 Å². The van der Waals surface area contributed by atoms with Gasteiger partial charge in [0.25, 0.3) is 5.91 Å². The second-order valence-corrected chi connectivity index (χ2v) is 6.66. The molecule has 0 unspecified atom stereocenters. The van der Waals surface area contributed by atoms with E-state index in [0.717, 1.165) is 38.2 Å². The maximum absolute atomic E-state index is 13.1. The summed E-state index contributed by atoms with van der Waals surface area (Å²) in [4.78, 5) is 36.1. The van der Waals surface area contributed by atoms with Crippen LogP contribution >= 0.6 is 0 Å². The molecule has 1 saturated heterocycles. The van der Waals surface area contributed by atoms with Crippen LogP contribution in [0.15, 0.2) is 47.4 Å². The first-order chi connectivity index (χ1) is 12.7. The van der Waals surface area contributed by atoms with E-state index in [1.165, 1.54) is 6.07 Å². The van der Waals surface area contributed by atoms with Crippen LogP contribution in [0.1, 0.15) is 35.9 Å². The summed E-state index contributed by atoms with van der Waals surface area (Å²) < 4.78 is 0. The molecule has 0 radical (unpaired) electrons. The van der Waals surface area contributed by atoms with Gasteiger partial charge in [-0.2, -0.15) is 0 Å². The molecule has 1 amide bonds. The van der Waals surface area contributed by atoms with E-state index in [9.17, 15) is 9.59 Å². The molecule has 0 atom stereocenters. The molecule has 138 valence electrons. The number of hydrogen-bond acceptors (Lipinski definition) is 4. The molecule has 2 aromatic heterocycles. The van der Waals surface area contributed by atoms with Crippen LogP contribution in [0.25, 0.3) is 0 Å². The second kappa shape index (κ2) is 8.76. The lowest BCUT2D eigenvalue weighted by Crippen LogP contribution is -2.48. The highest BCUT2D eigenvalue weighted by Gasteiger charge is 2.28. The van der Waals surface area contributed by atoms with Gasteiger partial charge in [-0.15, -0.1) is 0 Å². The minimum atomic E-state index is -0.249. The summed E-state index contributed by atoms with van der Waals surface area (Å²) in [6, 6.07) is 10.8. The number of nitrogens with one attached hydrogen (secondary N) is 1. The number of carbonyl (C=O) groups is 1. The van der Waals surface area contributed by atoms with Crippen molar-refractivity contribution in [1.82, 2.24) is 19.8 Å². The van der Waals surface area contributed by atoms with Crippen LogP contribution in [0.4, 0.5) is 0 Å². The van der Waals surface area contributed by atoms with Gasteiger partial charge >= 0.3 is 0 Å². The van der Waals surface area contributed by atoms with Gasteiger partial charge in [-0.3, -0.25) is 14.6 Å². The third kappa shape index (κ3) is 4.58. The molecule has 1 fully saturated rings. The zero-order valence-corrected chi connectivity index (χ0v) is 15.2. The van der Waals surface area contributed by atoms with Crippen LogP contribution in [-0.2, 0) is 6.42 Å². The van der Waals surface area contributed by atoms with Crippen molar-refractivity contribution in [1.29, 1.82) is 0 Å². The molecule has 1 aliphatic rings. The van der Waals surface area contributed by atoms with Crippen molar-refractivity contribution in [2.24, 2.45) is 0 Å². The molecule has 3 heterocycles. The third-order valence-electron chi connectivity index (χ3n) is 5.04. The molecule has 0 bridgehead atoms. The van der Waals surface area contributed by atoms with Crippen LogP contribution in [0.5, 0.6) is 0 Å². The van der Waals surface area contributed by atoms with Crippen LogP contribution < -0.4 is 5.56 Å². The first-order valence-electron chi connectivity index (χ1n) is 9.30. The van der Waals surface area contributed by atoms with Crippen molar-refractivity contribution in [3.05, 3.63) is 64.3 Å². The Labute approximate surface area is 153 Å². The van der Waals surface area contributed by atoms with Crippen molar-refractivity contribution in [3.8, 4) is 0 Å². The molecular weight excluding hydrogens is 328 g/mol. The number of pyridine rings is 2. The SMILES string of the molecule is CCN1CCC(N(CCc2ccccn2)C(=O)c2cccc(=O)[nH]2)CC1. The minimum absolute atomic E-state index is 0.103. The van der Waals surface area contributed by atoms with Gasteiger partial charge in [0.15, 0.2) is 0 Å². The number of carbonyl (C=O) groups excluding carboxylic acids is 1. The summed E-state index contributed by atoms with van der Waals surface area (Å²) in [6.07, 6.45) is 4.39. The van der Waals surface area contributed by atoms with E-state index in [1.54, 1.807) is 18.3 Å². The topological polar surface area (TPSA) is 69.3 Å². The van der Waals surface area contributed by atoms with Crippen LogP contribution in [0.2, 0.25) is 0 Å². The Hall–Kier alpha value is -2.47. The molecular formula is C20H26N4O2. The van der Waals surface area contributed by atoms with Gasteiger partial charge in [-0.1, -0.05) is 19.1 Å². The molecule has 0 aliphatic carbocycles. The van der Waals surface area contributed by atoms with E-state index in [-0.39, 0.29) is 17.5 Å². The number of likely N-dealkylation sites (tertiary alicyclic amines) is 1. The molecule has 0 spiro atoms. The van der Waals surface area contributed by atoms with Crippen LogP contribution in [-0.4, -0.2) is 57.9 Å². The number of rotatable bonds is 6. The first-order valence-corrected chi connectivity index (χ1v) is 9.30. The Morgan fingerprint density at radius 2 is 2.04 bits per heavy atom. The Bertz CT molecular complexity index is 767. The third-order valence-corrected chi connectivity index (χ3v) is 5.04. The fourth-order valence-corrected chi connectivity index (χ4v) is 3.51. The Balaban J connectivity index is 1.76. The molecule has 2 aromatic rings. The van der Waals surface area contributed by atoms with Gasteiger partial charge in [-0.25, -0.2) is 0 Å². The van der Waals surface area contributed by atoms with Crippen molar-refractivity contribution in [3.63, 3.8) is 0 Å². The quantitative estimate of drug-likeness (QED) is 0.861. The van der Waals surface area contributed by atoms with Gasteiger partial charge in [-0.05, 0) is 37.6 Å². The van der Waals surface area contributed by atoms with Crippen LogP contribution in [0, 0.1) is 0 Å². The highest BCUT2D eigenvalue weighted by molar-refractivity contribution is 5.92. The highest BCUT2D eigenvalue weighted by Crippen LogP contribution is 2.19. The summed E-state index contributed by atoms with van der Waals surface area (Å²) in [7, 11) is 0. The Kier molecular flexibility index (Phi) is 6.17.